The van der Waals surface area contributed by atoms with Crippen LogP contribution in [0.2, 0.25) is 20.8 Å². The van der Waals surface area contributed by atoms with Crippen molar-refractivity contribution in [1.29, 1.82) is 0 Å². The quantitative estimate of drug-likeness (QED) is 0.253. The molecular weight excluding hydrogens is 548 g/mol. The van der Waals surface area contributed by atoms with Crippen molar-refractivity contribution in [3.05, 3.63) is 81.9 Å². The van der Waals surface area contributed by atoms with Crippen molar-refractivity contribution in [3.63, 3.8) is 0 Å². The van der Waals surface area contributed by atoms with Crippen LogP contribution in [0.3, 0.4) is 0 Å². The molecule has 0 amide bonds. The molecule has 183 valence electrons. The van der Waals surface area contributed by atoms with Gasteiger partial charge in [0.15, 0.2) is 0 Å². The summed E-state index contributed by atoms with van der Waals surface area (Å²) in [6, 6.07) is 19.2. The Morgan fingerprint density at radius 1 is 0.647 bits per heavy atom. The Kier molecular flexibility index (Phi) is 7.78. The topological polar surface area (TPSA) is 0 Å². The normalized spacial score (nSPS) is 21.1. The molecule has 0 heterocycles. The number of fused-ring (bicyclic) bond motifs is 2. The van der Waals surface area contributed by atoms with Crippen molar-refractivity contribution in [2.45, 2.75) is 94.2 Å². The van der Waals surface area contributed by atoms with E-state index in [0.717, 1.165) is 7.25 Å². The van der Waals surface area contributed by atoms with Crippen molar-refractivity contribution in [3.8, 4) is 0 Å². The molecule has 2 aliphatic carbocycles. The first kappa shape index (κ1) is 26.4. The molecule has 0 saturated carbocycles. The van der Waals surface area contributed by atoms with Crippen molar-refractivity contribution >= 4 is 21.7 Å². The molecule has 2 heteroatoms. The van der Waals surface area contributed by atoms with Gasteiger partial charge >= 0.3 is 214 Å². The molecule has 0 bridgehead atoms. The molecule has 2 aromatic rings. The van der Waals surface area contributed by atoms with Crippen LogP contribution in [0, 0.1) is 0 Å². The monoisotopic (exact) mass is 595 g/mol. The summed E-state index contributed by atoms with van der Waals surface area (Å²) >= 11 is -3.46. The number of benzene rings is 2. The van der Waals surface area contributed by atoms with E-state index in [-0.39, 0.29) is 0 Å². The Labute approximate surface area is 212 Å². The summed E-state index contributed by atoms with van der Waals surface area (Å²) < 4.78 is 7.37. The van der Waals surface area contributed by atoms with Gasteiger partial charge in [-0.15, -0.1) is 0 Å². The minimum absolute atomic E-state index is 0.730. The van der Waals surface area contributed by atoms with E-state index >= 15 is 0 Å². The Morgan fingerprint density at radius 2 is 1.03 bits per heavy atom. The summed E-state index contributed by atoms with van der Waals surface area (Å²) in [5, 5.41) is 0. The van der Waals surface area contributed by atoms with Gasteiger partial charge in [0, 0.05) is 0 Å². The van der Waals surface area contributed by atoms with E-state index in [1.165, 1.54) is 38.5 Å². The Morgan fingerprint density at radius 3 is 1.35 bits per heavy atom. The van der Waals surface area contributed by atoms with Crippen molar-refractivity contribution in [1.82, 2.24) is 0 Å². The first-order chi connectivity index (χ1) is 16.3. The van der Waals surface area contributed by atoms with E-state index in [1.807, 2.05) is 11.1 Å². The number of allylic oxidation sites excluding steroid dienone is 4. The van der Waals surface area contributed by atoms with Gasteiger partial charge in [-0.2, -0.15) is 0 Å². The van der Waals surface area contributed by atoms with Gasteiger partial charge in [-0.3, -0.25) is 0 Å². The summed E-state index contributed by atoms with van der Waals surface area (Å²) in [5.74, 6) is 5.56. The van der Waals surface area contributed by atoms with Crippen molar-refractivity contribution in [2.75, 3.05) is 0 Å². The van der Waals surface area contributed by atoms with E-state index in [9.17, 15) is 0 Å². The average Bonchev–Trinajstić information content (AvgIpc) is 3.32. The standard InChI is InChI=1S/2C14H17.C2H7Ge.2CH3.Zr/c2*1-3-7-11-10-12-8-5-6-9-14(12)13(11)4-2;1-3-2;;;/h2*5-6,8-10H,3-4,7H2,1-2H3;3H,1-2H3;2*1H3;. The van der Waals surface area contributed by atoms with E-state index in [4.69, 9.17) is 0 Å². The summed E-state index contributed by atoms with van der Waals surface area (Å²) in [5.41, 5.74) is 13.8. The van der Waals surface area contributed by atoms with Crippen molar-refractivity contribution < 1.29 is 16.3 Å². The van der Waals surface area contributed by atoms with Crippen LogP contribution in [0.1, 0.15) is 95.7 Å². The molecule has 2 unspecified atom stereocenters. The fraction of sp³-hybridized carbons (Fsp3) is 0.500. The third-order valence-electron chi connectivity index (χ3n) is 10.1. The summed E-state index contributed by atoms with van der Waals surface area (Å²) in [6.45, 7) is 9.60. The molecule has 0 spiro atoms. The van der Waals surface area contributed by atoms with E-state index in [0.29, 0.717) is 0 Å². The maximum atomic E-state index is 2.96. The zero-order chi connectivity index (χ0) is 24.7. The fourth-order valence-electron chi connectivity index (χ4n) is 7.99. The van der Waals surface area contributed by atoms with Crippen molar-refractivity contribution in [2.24, 2.45) is 0 Å². The van der Waals surface area contributed by atoms with Gasteiger partial charge in [-0.05, 0) is 0 Å². The fourth-order valence-corrected chi connectivity index (χ4v) is 51.1. The van der Waals surface area contributed by atoms with Crippen LogP contribution in [0.4, 0.5) is 0 Å². The van der Waals surface area contributed by atoms with Gasteiger partial charge in [0.05, 0.1) is 0 Å². The molecule has 2 aromatic carbocycles. The molecule has 0 aromatic heterocycles. The predicted octanol–water partition coefficient (Wildman–Crippen LogP) is 10.2. The minimum atomic E-state index is -3.46. The van der Waals surface area contributed by atoms with Crippen LogP contribution in [0.25, 0.3) is 11.1 Å². The zero-order valence-corrected chi connectivity index (χ0v) is 28.0. The van der Waals surface area contributed by atoms with Crippen LogP contribution in [-0.2, 0) is 16.3 Å². The van der Waals surface area contributed by atoms with Crippen LogP contribution in [0.15, 0.2) is 59.7 Å². The molecule has 2 aliphatic rings. The Bertz CT molecular complexity index is 1050. The molecule has 0 fully saturated rings. The third-order valence-corrected chi connectivity index (χ3v) is 84.7. The van der Waals surface area contributed by atoms with Gasteiger partial charge in [-0.1, -0.05) is 0 Å². The van der Waals surface area contributed by atoms with Gasteiger partial charge in [0.2, 0.25) is 0 Å². The van der Waals surface area contributed by atoms with Gasteiger partial charge in [0.1, 0.15) is 0 Å². The number of rotatable bonds is 9. The molecule has 34 heavy (non-hydrogen) atoms. The Hall–Kier alpha value is -0.654. The van der Waals surface area contributed by atoms with Crippen LogP contribution >= 0.6 is 0 Å². The van der Waals surface area contributed by atoms with E-state index in [1.54, 1.807) is 33.4 Å². The van der Waals surface area contributed by atoms with E-state index < -0.39 is 26.8 Å². The number of hydrogen-bond donors (Lipinski definition) is 0. The summed E-state index contributed by atoms with van der Waals surface area (Å²) in [6.07, 6.45) is 7.45. The second-order valence-electron chi connectivity index (χ2n) is 12.1. The second-order valence-corrected chi connectivity index (χ2v) is 70.6. The molecule has 0 radical (unpaired) electrons. The van der Waals surface area contributed by atoms with Crippen LogP contribution < -0.4 is 0 Å². The predicted molar refractivity (Wildman–Crippen MR) is 153 cm³/mol. The van der Waals surface area contributed by atoms with Crippen LogP contribution in [0.5, 0.6) is 0 Å². The van der Waals surface area contributed by atoms with E-state index in [2.05, 4.69) is 97.0 Å². The van der Waals surface area contributed by atoms with Gasteiger partial charge in [0.25, 0.3) is 0 Å². The number of hydrogen-bond acceptors (Lipinski definition) is 0. The molecule has 0 saturated heterocycles. The molecule has 4 rings (SSSR count). The first-order valence-corrected chi connectivity index (χ1v) is 35.3. The Balaban J connectivity index is 2.08. The summed E-state index contributed by atoms with van der Waals surface area (Å²) in [4.78, 5) is 0. The molecule has 0 nitrogen and oxygen atoms in total. The zero-order valence-electron chi connectivity index (χ0n) is 23.1. The molecule has 0 N–H and O–H groups in total. The SMILES string of the molecule is CCCC1=C(CC)c2ccccc2[CH]1[Zr]([CH3])([CH3])([CH]1C(CCC)=C(CC)c2ccccc21)[GeH]([CH3])[CH3]. The molecule has 0 aliphatic heterocycles. The third kappa shape index (κ3) is 3.78. The first-order valence-electron chi connectivity index (χ1n) is 14.1. The van der Waals surface area contributed by atoms with Gasteiger partial charge in [-0.25, -0.2) is 0 Å². The molecule has 2 atom stereocenters. The summed E-state index contributed by atoms with van der Waals surface area (Å²) in [7, 11) is -1.61. The second kappa shape index (κ2) is 10.0. The van der Waals surface area contributed by atoms with Gasteiger partial charge < -0.3 is 0 Å². The molecular formula is C32H47GeZr. The maximum absolute atomic E-state index is 3.46. The average molecular weight is 596 g/mol. The van der Waals surface area contributed by atoms with Crippen LogP contribution in [-0.4, -0.2) is 10.6 Å².